The molecule has 0 aliphatic heterocycles. The molecule has 0 fully saturated rings. The Bertz CT molecular complexity index is 535. The molecule has 0 amide bonds. The number of aryl methyl sites for hydroxylation is 1. The van der Waals surface area contributed by atoms with Gasteiger partial charge in [0.15, 0.2) is 0 Å². The van der Waals surface area contributed by atoms with Crippen molar-refractivity contribution in [3.05, 3.63) is 47.5 Å². The fraction of sp³-hybridized carbons (Fsp3) is 0.429. The summed E-state index contributed by atoms with van der Waals surface area (Å²) in [5, 5.41) is 4.28. The Labute approximate surface area is 112 Å². The average Bonchev–Trinajstić information content (AvgIpc) is 2.86. The molecule has 3 rings (SSSR count). The maximum absolute atomic E-state index is 5.87. The lowest BCUT2D eigenvalue weighted by Crippen LogP contribution is -2.17. The topological polar surface area (TPSA) is 30.7 Å². The molecule has 1 aromatic carbocycles. The van der Waals surface area contributed by atoms with Crippen molar-refractivity contribution in [1.29, 1.82) is 0 Å². The van der Waals surface area contributed by atoms with Crippen LogP contribution in [-0.4, -0.2) is 14.8 Å². The van der Waals surface area contributed by atoms with Gasteiger partial charge in [0.1, 0.15) is 12.2 Å². The van der Waals surface area contributed by atoms with E-state index in [1.54, 1.807) is 6.33 Å². The van der Waals surface area contributed by atoms with E-state index in [4.69, 9.17) is 11.6 Å². The third kappa shape index (κ3) is 2.15. The van der Waals surface area contributed by atoms with Crippen LogP contribution >= 0.6 is 11.6 Å². The number of fused-ring (bicyclic) bond motifs is 1. The Morgan fingerprint density at radius 2 is 2.22 bits per heavy atom. The minimum atomic E-state index is 0.425. The van der Waals surface area contributed by atoms with Gasteiger partial charge >= 0.3 is 0 Å². The largest absolute Gasteiger partial charge is 0.248 e. The van der Waals surface area contributed by atoms with Crippen LogP contribution in [0.1, 0.15) is 35.7 Å². The first-order valence-electron chi connectivity index (χ1n) is 6.39. The molecule has 1 aliphatic rings. The van der Waals surface area contributed by atoms with Crippen LogP contribution in [0.25, 0.3) is 0 Å². The third-order valence-corrected chi connectivity index (χ3v) is 3.94. The zero-order valence-corrected chi connectivity index (χ0v) is 11.0. The maximum atomic E-state index is 5.87. The van der Waals surface area contributed by atoms with E-state index in [-0.39, 0.29) is 0 Å². The summed E-state index contributed by atoms with van der Waals surface area (Å²) in [4.78, 5) is 4.18. The Hall–Kier alpha value is -1.35. The van der Waals surface area contributed by atoms with Gasteiger partial charge in [0.25, 0.3) is 0 Å². The van der Waals surface area contributed by atoms with Gasteiger partial charge in [-0.25, -0.2) is 9.67 Å². The van der Waals surface area contributed by atoms with E-state index in [9.17, 15) is 0 Å². The molecule has 94 valence electrons. The molecule has 4 heteroatoms. The molecule has 1 unspecified atom stereocenters. The highest BCUT2D eigenvalue weighted by Crippen LogP contribution is 2.32. The molecule has 3 nitrogen and oxygen atoms in total. The predicted octanol–water partition coefficient (Wildman–Crippen LogP) is 3.14. The predicted molar refractivity (Wildman–Crippen MR) is 71.7 cm³/mol. The van der Waals surface area contributed by atoms with Crippen molar-refractivity contribution in [1.82, 2.24) is 14.8 Å². The molecule has 0 saturated carbocycles. The van der Waals surface area contributed by atoms with E-state index in [0.29, 0.717) is 11.8 Å². The van der Waals surface area contributed by atoms with Crippen LogP contribution in [0, 0.1) is 0 Å². The molecule has 0 N–H and O–H groups in total. The summed E-state index contributed by atoms with van der Waals surface area (Å²) in [5.74, 6) is 1.83. The average molecular weight is 262 g/mol. The highest BCUT2D eigenvalue weighted by atomic mass is 35.5. The number of benzene rings is 1. The van der Waals surface area contributed by atoms with Crippen molar-refractivity contribution in [3.63, 3.8) is 0 Å². The molecule has 0 spiro atoms. The minimum Gasteiger partial charge on any atom is -0.248 e. The smallest absolute Gasteiger partial charge is 0.141 e. The van der Waals surface area contributed by atoms with Crippen molar-refractivity contribution in [2.75, 3.05) is 0 Å². The summed E-state index contributed by atoms with van der Waals surface area (Å²) in [6.45, 7) is 0.888. The monoisotopic (exact) mass is 261 g/mol. The van der Waals surface area contributed by atoms with Gasteiger partial charge in [-0.15, -0.1) is 11.6 Å². The lowest BCUT2D eigenvalue weighted by atomic mass is 9.83. The second kappa shape index (κ2) is 5.11. The van der Waals surface area contributed by atoms with Gasteiger partial charge in [-0.2, -0.15) is 5.10 Å². The molecule has 2 aromatic rings. The Kier molecular flexibility index (Phi) is 3.33. The fourth-order valence-corrected chi connectivity index (χ4v) is 3.00. The molecular weight excluding hydrogens is 246 g/mol. The number of hydrogen-bond donors (Lipinski definition) is 0. The van der Waals surface area contributed by atoms with Gasteiger partial charge in [-0.3, -0.25) is 0 Å². The van der Waals surface area contributed by atoms with Crippen molar-refractivity contribution in [2.24, 2.45) is 0 Å². The van der Waals surface area contributed by atoms with Gasteiger partial charge in [0.2, 0.25) is 0 Å². The van der Waals surface area contributed by atoms with Crippen molar-refractivity contribution in [2.45, 2.75) is 37.6 Å². The number of hydrogen-bond acceptors (Lipinski definition) is 2. The highest BCUT2D eigenvalue weighted by molar-refractivity contribution is 6.16. The van der Waals surface area contributed by atoms with Gasteiger partial charge in [-0.05, 0) is 30.4 Å². The van der Waals surface area contributed by atoms with E-state index in [1.165, 1.54) is 30.4 Å². The first-order chi connectivity index (χ1) is 8.88. The highest BCUT2D eigenvalue weighted by Gasteiger charge is 2.21. The lowest BCUT2D eigenvalue weighted by Gasteiger charge is -2.25. The van der Waals surface area contributed by atoms with Crippen LogP contribution in [-0.2, 0) is 18.8 Å². The molecule has 18 heavy (non-hydrogen) atoms. The summed E-state index contributed by atoms with van der Waals surface area (Å²) in [7, 11) is 0. The summed E-state index contributed by atoms with van der Waals surface area (Å²) in [6, 6.07) is 8.74. The normalized spacial score (nSPS) is 18.6. The van der Waals surface area contributed by atoms with Crippen molar-refractivity contribution >= 4 is 11.6 Å². The maximum Gasteiger partial charge on any atom is 0.141 e. The quantitative estimate of drug-likeness (QED) is 0.795. The van der Waals surface area contributed by atoms with Gasteiger partial charge < -0.3 is 0 Å². The van der Waals surface area contributed by atoms with Crippen molar-refractivity contribution < 1.29 is 0 Å². The molecule has 0 radical (unpaired) electrons. The number of halogens is 1. The van der Waals surface area contributed by atoms with Gasteiger partial charge in [0, 0.05) is 12.5 Å². The second-order valence-corrected chi connectivity index (χ2v) is 5.05. The summed E-state index contributed by atoms with van der Waals surface area (Å²) in [6.07, 6.45) is 5.27. The molecule has 0 bridgehead atoms. The Balaban J connectivity index is 1.86. The number of alkyl halides is 1. The molecule has 1 heterocycles. The molecular formula is C14H16ClN3. The van der Waals surface area contributed by atoms with E-state index < -0.39 is 0 Å². The van der Waals surface area contributed by atoms with Crippen molar-refractivity contribution in [3.8, 4) is 0 Å². The van der Waals surface area contributed by atoms with Gasteiger partial charge in [0.05, 0.1) is 5.88 Å². The second-order valence-electron chi connectivity index (χ2n) is 4.78. The molecule has 1 atom stereocenters. The zero-order chi connectivity index (χ0) is 12.4. The lowest BCUT2D eigenvalue weighted by molar-refractivity contribution is 0.449. The van der Waals surface area contributed by atoms with E-state index in [2.05, 4.69) is 34.3 Å². The summed E-state index contributed by atoms with van der Waals surface area (Å²) < 4.78 is 1.94. The first-order valence-corrected chi connectivity index (χ1v) is 6.92. The minimum absolute atomic E-state index is 0.425. The van der Waals surface area contributed by atoms with Crippen LogP contribution < -0.4 is 0 Å². The SMILES string of the molecule is ClCc1ncnn1CC1CCCc2ccccc21. The summed E-state index contributed by atoms with van der Waals surface area (Å²) in [5.41, 5.74) is 2.96. The van der Waals surface area contributed by atoms with E-state index >= 15 is 0 Å². The zero-order valence-electron chi connectivity index (χ0n) is 10.2. The first kappa shape index (κ1) is 11.7. The third-order valence-electron chi connectivity index (χ3n) is 3.70. The number of aromatic nitrogens is 3. The number of nitrogens with zero attached hydrogens (tertiary/aromatic N) is 3. The fourth-order valence-electron chi connectivity index (χ4n) is 2.80. The van der Waals surface area contributed by atoms with Crippen LogP contribution in [0.5, 0.6) is 0 Å². The molecule has 1 aromatic heterocycles. The molecule has 1 aliphatic carbocycles. The van der Waals surface area contributed by atoms with Crippen LogP contribution in [0.2, 0.25) is 0 Å². The Morgan fingerprint density at radius 3 is 3.11 bits per heavy atom. The standard InChI is InChI=1S/C14H16ClN3/c15-8-14-16-10-17-18(14)9-12-6-3-5-11-4-1-2-7-13(11)12/h1-2,4,7,10,12H,3,5-6,8-9H2. The van der Waals surface area contributed by atoms with Crippen LogP contribution in [0.4, 0.5) is 0 Å². The van der Waals surface area contributed by atoms with Crippen LogP contribution in [0.3, 0.4) is 0 Å². The summed E-state index contributed by atoms with van der Waals surface area (Å²) >= 11 is 5.87. The van der Waals surface area contributed by atoms with E-state index in [1.807, 2.05) is 4.68 Å². The van der Waals surface area contributed by atoms with E-state index in [0.717, 1.165) is 12.4 Å². The number of rotatable bonds is 3. The van der Waals surface area contributed by atoms with Crippen LogP contribution in [0.15, 0.2) is 30.6 Å². The molecule has 0 saturated heterocycles. The Morgan fingerprint density at radius 1 is 1.33 bits per heavy atom. The van der Waals surface area contributed by atoms with Gasteiger partial charge in [-0.1, -0.05) is 24.3 Å².